The summed E-state index contributed by atoms with van der Waals surface area (Å²) in [5, 5.41) is 10.8. The summed E-state index contributed by atoms with van der Waals surface area (Å²) in [5.74, 6) is -6.08. The second-order valence-corrected chi connectivity index (χ2v) is 14.4. The first kappa shape index (κ1) is 31.8. The molecule has 6 atom stereocenters. The number of halogens is 4. The molecule has 2 heterocycles. The highest BCUT2D eigenvalue weighted by Gasteiger charge is 2.67. The van der Waals surface area contributed by atoms with Crippen LogP contribution in [0.5, 0.6) is 11.5 Å². The highest BCUT2D eigenvalue weighted by Crippen LogP contribution is 2.64. The third-order valence-corrected chi connectivity index (χ3v) is 11.8. The number of rotatable bonds is 4. The summed E-state index contributed by atoms with van der Waals surface area (Å²) in [5.41, 5.74) is 1.29. The number of carbonyl (C=O) groups is 4. The Hall–Kier alpha value is -3.73. The average Bonchev–Trinajstić information content (AvgIpc) is 3.40. The second-order valence-electron chi connectivity index (χ2n) is 12.8. The molecule has 2 saturated heterocycles. The van der Waals surface area contributed by atoms with Crippen molar-refractivity contribution in [2.45, 2.75) is 32.6 Å². The van der Waals surface area contributed by atoms with Crippen molar-refractivity contribution in [2.75, 3.05) is 16.9 Å². The van der Waals surface area contributed by atoms with Crippen molar-refractivity contribution in [3.05, 3.63) is 91.6 Å². The third kappa shape index (κ3) is 4.51. The van der Waals surface area contributed by atoms with E-state index in [2.05, 4.69) is 15.9 Å². The summed E-state index contributed by atoms with van der Waals surface area (Å²) in [6.07, 6.45) is 2.31. The van der Waals surface area contributed by atoms with E-state index < -0.39 is 52.6 Å². The van der Waals surface area contributed by atoms with Crippen LogP contribution >= 0.6 is 39.1 Å². The molecular weight excluding hydrogens is 714 g/mol. The van der Waals surface area contributed by atoms with Crippen LogP contribution in [0.25, 0.3) is 0 Å². The van der Waals surface area contributed by atoms with Gasteiger partial charge in [0, 0.05) is 10.9 Å². The van der Waals surface area contributed by atoms with Crippen molar-refractivity contribution in [1.82, 2.24) is 0 Å². The topological polar surface area (TPSA) is 104 Å². The van der Waals surface area contributed by atoms with Gasteiger partial charge in [0.1, 0.15) is 5.82 Å². The summed E-state index contributed by atoms with van der Waals surface area (Å²) >= 11 is 15.9. The van der Waals surface area contributed by atoms with Crippen LogP contribution in [0.4, 0.5) is 15.8 Å². The number of imide groups is 2. The molecule has 0 spiro atoms. The minimum atomic E-state index is -1.36. The van der Waals surface area contributed by atoms with E-state index in [0.717, 1.165) is 22.1 Å². The number of ether oxygens (including phenoxy) is 1. The summed E-state index contributed by atoms with van der Waals surface area (Å²) in [6.45, 7) is 3.56. The molecule has 1 N–H and O–H groups in total. The number of aryl methyl sites for hydroxylation is 1. The molecule has 0 radical (unpaired) electrons. The van der Waals surface area contributed by atoms with Gasteiger partial charge in [-0.3, -0.25) is 19.2 Å². The zero-order valence-electron chi connectivity index (χ0n) is 25.4. The van der Waals surface area contributed by atoms with E-state index in [0.29, 0.717) is 20.7 Å². The molecule has 4 aliphatic rings. The van der Waals surface area contributed by atoms with Gasteiger partial charge in [-0.1, -0.05) is 40.9 Å². The number of amides is 4. The summed E-state index contributed by atoms with van der Waals surface area (Å²) in [6, 6.07) is 12.0. The van der Waals surface area contributed by atoms with E-state index >= 15 is 0 Å². The lowest BCUT2D eigenvalue weighted by Gasteiger charge is -2.49. The number of fused-ring (bicyclic) bond motifs is 4. The van der Waals surface area contributed by atoms with Gasteiger partial charge in [0.2, 0.25) is 23.6 Å². The van der Waals surface area contributed by atoms with Crippen LogP contribution in [0.15, 0.2) is 64.7 Å². The van der Waals surface area contributed by atoms with Gasteiger partial charge in [-0.05, 0) is 102 Å². The zero-order valence-corrected chi connectivity index (χ0v) is 28.5. The number of anilines is 2. The monoisotopic (exact) mass is 740 g/mol. The molecule has 1 saturated carbocycles. The lowest BCUT2D eigenvalue weighted by Crippen LogP contribution is -2.48. The number of aromatic hydroxyl groups is 1. The first-order valence-corrected chi connectivity index (χ1v) is 16.6. The Bertz CT molecular complexity index is 1970. The maximum absolute atomic E-state index is 14.6. The van der Waals surface area contributed by atoms with Crippen LogP contribution in [0.2, 0.25) is 10.0 Å². The fourth-order valence-electron chi connectivity index (χ4n) is 8.16. The molecular formula is C35H28BrCl2FN2O6. The van der Waals surface area contributed by atoms with E-state index in [9.17, 15) is 28.7 Å². The molecule has 2 aliphatic heterocycles. The Balaban J connectivity index is 1.39. The van der Waals surface area contributed by atoms with Crippen LogP contribution in [-0.4, -0.2) is 35.8 Å². The molecule has 2 aliphatic carbocycles. The molecule has 3 fully saturated rings. The standard InChI is InChI=1S/C35H28BrCl2FN2O6/c1-15-4-5-17(12-24(15)37)40-31(43)20-8-7-19-21(28(20)33(40)45)14-22-32(44)41(18-6-9-26(39)25(38)13-18)34(46)35(22,2)29(19)16-10-23(36)30(42)27(11-16)47-3/h4-7,9-13,20-22,28-29,42H,8,14H2,1-3H3/t20-,21+,22-,28-,29-,35+/m0/s1. The van der Waals surface area contributed by atoms with E-state index in [1.165, 1.54) is 24.1 Å². The molecule has 0 bridgehead atoms. The number of allylic oxidation sites excluding steroid dienone is 2. The van der Waals surface area contributed by atoms with Crippen LogP contribution in [0.1, 0.15) is 36.8 Å². The number of nitrogens with zero attached hydrogens (tertiary/aromatic N) is 2. The van der Waals surface area contributed by atoms with Gasteiger partial charge >= 0.3 is 0 Å². The fourth-order valence-corrected chi connectivity index (χ4v) is 8.97. The van der Waals surface area contributed by atoms with Crippen molar-refractivity contribution >= 4 is 74.1 Å². The molecule has 8 nitrogen and oxygen atoms in total. The Morgan fingerprint density at radius 2 is 1.62 bits per heavy atom. The van der Waals surface area contributed by atoms with Gasteiger partial charge in [-0.15, -0.1) is 0 Å². The number of methoxy groups -OCH3 is 1. The first-order valence-electron chi connectivity index (χ1n) is 15.0. The third-order valence-electron chi connectivity index (χ3n) is 10.5. The molecule has 4 amide bonds. The fraction of sp³-hybridized carbons (Fsp3) is 0.314. The highest BCUT2D eigenvalue weighted by atomic mass is 79.9. The second kappa shape index (κ2) is 11.2. The van der Waals surface area contributed by atoms with Gasteiger partial charge in [-0.2, -0.15) is 0 Å². The minimum absolute atomic E-state index is 0.133. The Kier molecular flexibility index (Phi) is 7.57. The van der Waals surface area contributed by atoms with E-state index in [-0.39, 0.29) is 46.9 Å². The number of phenols is 1. The SMILES string of the molecule is COc1cc([C@H]2C3=CC[C@@H]4C(=O)N(c5ccc(C)c(Cl)c5)C(=O)[C@@H]4[C@@H]3C[C@H]3C(=O)N(c4ccc(F)c(Cl)c4)C(=O)[C@@]23C)cc(Br)c1O. The van der Waals surface area contributed by atoms with Gasteiger partial charge in [-0.25, -0.2) is 14.2 Å². The Morgan fingerprint density at radius 1 is 0.936 bits per heavy atom. The average molecular weight is 742 g/mol. The summed E-state index contributed by atoms with van der Waals surface area (Å²) in [4.78, 5) is 59.3. The zero-order chi connectivity index (χ0) is 33.7. The molecule has 0 aromatic heterocycles. The van der Waals surface area contributed by atoms with Crippen molar-refractivity contribution in [2.24, 2.45) is 29.1 Å². The molecule has 3 aromatic rings. The highest BCUT2D eigenvalue weighted by molar-refractivity contribution is 9.10. The molecule has 3 aromatic carbocycles. The smallest absolute Gasteiger partial charge is 0.241 e. The Morgan fingerprint density at radius 3 is 2.30 bits per heavy atom. The molecule has 12 heteroatoms. The van der Waals surface area contributed by atoms with Gasteiger partial charge in [0.05, 0.1) is 51.1 Å². The van der Waals surface area contributed by atoms with E-state index in [1.807, 2.05) is 13.0 Å². The lowest BCUT2D eigenvalue weighted by atomic mass is 9.51. The minimum Gasteiger partial charge on any atom is -0.503 e. The summed E-state index contributed by atoms with van der Waals surface area (Å²) in [7, 11) is 1.41. The molecule has 0 unspecified atom stereocenters. The van der Waals surface area contributed by atoms with Gasteiger partial charge in [0.25, 0.3) is 0 Å². The van der Waals surface area contributed by atoms with Crippen molar-refractivity contribution in [3.63, 3.8) is 0 Å². The number of hydrogen-bond acceptors (Lipinski definition) is 6. The first-order chi connectivity index (χ1) is 22.3. The van der Waals surface area contributed by atoms with Crippen molar-refractivity contribution in [1.29, 1.82) is 0 Å². The van der Waals surface area contributed by atoms with Crippen molar-refractivity contribution in [3.8, 4) is 11.5 Å². The molecule has 47 heavy (non-hydrogen) atoms. The largest absolute Gasteiger partial charge is 0.503 e. The number of carbonyl (C=O) groups excluding carboxylic acids is 4. The number of phenolic OH excluding ortho intramolecular Hbond substituents is 1. The maximum Gasteiger partial charge on any atom is 0.241 e. The predicted molar refractivity (Wildman–Crippen MR) is 177 cm³/mol. The van der Waals surface area contributed by atoms with Crippen LogP contribution in [0, 0.1) is 41.8 Å². The predicted octanol–water partition coefficient (Wildman–Crippen LogP) is 7.35. The number of benzene rings is 3. The van der Waals surface area contributed by atoms with Crippen LogP contribution in [0.3, 0.4) is 0 Å². The van der Waals surface area contributed by atoms with E-state index in [4.69, 9.17) is 27.9 Å². The van der Waals surface area contributed by atoms with Crippen LogP contribution < -0.4 is 14.5 Å². The number of hydrogen-bond donors (Lipinski definition) is 1. The van der Waals surface area contributed by atoms with Gasteiger partial charge < -0.3 is 9.84 Å². The van der Waals surface area contributed by atoms with Gasteiger partial charge in [0.15, 0.2) is 11.5 Å². The molecule has 242 valence electrons. The summed E-state index contributed by atoms with van der Waals surface area (Å²) < 4.78 is 19.9. The van der Waals surface area contributed by atoms with Crippen LogP contribution in [-0.2, 0) is 19.2 Å². The van der Waals surface area contributed by atoms with Crippen molar-refractivity contribution < 1.29 is 33.4 Å². The normalized spacial score (nSPS) is 28.3. The van der Waals surface area contributed by atoms with E-state index in [1.54, 1.807) is 37.3 Å². The molecule has 7 rings (SSSR count). The Labute approximate surface area is 288 Å². The lowest BCUT2D eigenvalue weighted by molar-refractivity contribution is -0.131. The quantitative estimate of drug-likeness (QED) is 0.222. The maximum atomic E-state index is 14.6.